The van der Waals surface area contributed by atoms with E-state index < -0.39 is 0 Å². The monoisotopic (exact) mass is 408 g/mol. The third-order valence-electron chi connectivity index (χ3n) is 4.96. The van der Waals surface area contributed by atoms with Gasteiger partial charge in [0, 0.05) is 30.5 Å². The molecule has 6 heteroatoms. The van der Waals surface area contributed by atoms with E-state index in [2.05, 4.69) is 4.98 Å². The second-order valence-corrected chi connectivity index (χ2v) is 7.81. The molecule has 1 heterocycles. The van der Waals surface area contributed by atoms with Gasteiger partial charge in [0.1, 0.15) is 0 Å². The highest BCUT2D eigenvalue weighted by Crippen LogP contribution is 2.24. The van der Waals surface area contributed by atoms with E-state index in [0.29, 0.717) is 28.5 Å². The Hall–Kier alpha value is -2.86. The lowest BCUT2D eigenvalue weighted by Crippen LogP contribution is -2.26. The fraction of sp³-hybridized carbons (Fsp3) is 0.261. The average molecular weight is 409 g/mol. The number of thioether (sulfide) groups is 1. The van der Waals surface area contributed by atoms with Crippen LogP contribution in [-0.2, 0) is 24.0 Å². The zero-order chi connectivity index (χ0) is 21.0. The van der Waals surface area contributed by atoms with Crippen LogP contribution in [0.1, 0.15) is 38.3 Å². The number of ether oxygens (including phenoxy) is 1. The lowest BCUT2D eigenvalue weighted by molar-refractivity contribution is 0.0600. The molecule has 0 saturated heterocycles. The van der Waals surface area contributed by atoms with Crippen molar-refractivity contribution in [3.63, 3.8) is 0 Å². The molecule has 2 aromatic carbocycles. The zero-order valence-corrected chi connectivity index (χ0v) is 17.9. The number of rotatable bonds is 6. The summed E-state index contributed by atoms with van der Waals surface area (Å²) in [4.78, 5) is 29.6. The van der Waals surface area contributed by atoms with Crippen LogP contribution in [0, 0.1) is 13.8 Å². The van der Waals surface area contributed by atoms with Crippen LogP contribution >= 0.6 is 11.8 Å². The first kappa shape index (κ1) is 20.9. The van der Waals surface area contributed by atoms with Crippen molar-refractivity contribution in [3.8, 4) is 0 Å². The fourth-order valence-corrected chi connectivity index (χ4v) is 4.17. The van der Waals surface area contributed by atoms with Gasteiger partial charge in [-0.2, -0.15) is 0 Å². The van der Waals surface area contributed by atoms with E-state index in [0.717, 1.165) is 22.4 Å². The first-order valence-electron chi connectivity index (χ1n) is 9.32. The maximum absolute atomic E-state index is 13.0. The summed E-state index contributed by atoms with van der Waals surface area (Å²) in [6, 6.07) is 15.4. The number of methoxy groups -OCH3 is 1. The summed E-state index contributed by atoms with van der Waals surface area (Å²) in [5.74, 6) is 0.148. The molecule has 3 rings (SSSR count). The molecule has 0 aliphatic carbocycles. The molecule has 0 bridgehead atoms. The maximum Gasteiger partial charge on any atom is 0.338 e. The average Bonchev–Trinajstić information content (AvgIpc) is 2.73. The molecular weight excluding hydrogens is 384 g/mol. The molecular formula is C23H24N2O3S. The van der Waals surface area contributed by atoms with E-state index in [1.807, 2.05) is 50.2 Å². The van der Waals surface area contributed by atoms with Crippen LogP contribution in [0.5, 0.6) is 0 Å². The van der Waals surface area contributed by atoms with Crippen molar-refractivity contribution in [1.82, 2.24) is 9.55 Å². The fourth-order valence-electron chi connectivity index (χ4n) is 3.16. The number of hydrogen-bond donors (Lipinski definition) is 0. The van der Waals surface area contributed by atoms with Gasteiger partial charge in [-0.25, -0.2) is 9.78 Å². The van der Waals surface area contributed by atoms with Gasteiger partial charge in [0.25, 0.3) is 5.56 Å². The predicted octanol–water partition coefficient (Wildman–Crippen LogP) is 4.07. The number of nitrogens with zero attached hydrogens (tertiary/aromatic N) is 2. The standard InChI is InChI=1S/C23H24N2O3S/c1-15-9-5-6-10-17(15)13-20-16(2)24-23(25(3)21(20)26)29-14-18-11-7-8-12-19(18)22(27)28-4/h5-12H,13-14H2,1-4H3. The number of carbonyl (C=O) groups excluding carboxylic acids is 1. The van der Waals surface area contributed by atoms with E-state index >= 15 is 0 Å². The van der Waals surface area contributed by atoms with Crippen LogP contribution in [-0.4, -0.2) is 22.6 Å². The van der Waals surface area contributed by atoms with Gasteiger partial charge in [0.2, 0.25) is 0 Å². The van der Waals surface area contributed by atoms with Crippen molar-refractivity contribution in [2.24, 2.45) is 7.05 Å². The number of carbonyl (C=O) groups is 1. The Bertz CT molecular complexity index is 1110. The van der Waals surface area contributed by atoms with Crippen molar-refractivity contribution in [3.05, 3.63) is 92.4 Å². The minimum Gasteiger partial charge on any atom is -0.465 e. The smallest absolute Gasteiger partial charge is 0.338 e. The van der Waals surface area contributed by atoms with Crippen LogP contribution in [0.2, 0.25) is 0 Å². The molecule has 0 atom stereocenters. The van der Waals surface area contributed by atoms with E-state index in [4.69, 9.17) is 4.74 Å². The molecule has 29 heavy (non-hydrogen) atoms. The van der Waals surface area contributed by atoms with Crippen molar-refractivity contribution in [1.29, 1.82) is 0 Å². The van der Waals surface area contributed by atoms with Gasteiger partial charge in [0.15, 0.2) is 5.16 Å². The molecule has 1 aromatic heterocycles. The predicted molar refractivity (Wildman–Crippen MR) is 116 cm³/mol. The Morgan fingerprint density at radius 1 is 1.07 bits per heavy atom. The summed E-state index contributed by atoms with van der Waals surface area (Å²) in [5, 5.41) is 0.626. The summed E-state index contributed by atoms with van der Waals surface area (Å²) in [6.07, 6.45) is 0.564. The molecule has 0 saturated carbocycles. The van der Waals surface area contributed by atoms with Gasteiger partial charge in [-0.15, -0.1) is 0 Å². The zero-order valence-electron chi connectivity index (χ0n) is 17.1. The third-order valence-corrected chi connectivity index (χ3v) is 6.04. The van der Waals surface area contributed by atoms with Gasteiger partial charge in [-0.3, -0.25) is 9.36 Å². The summed E-state index contributed by atoms with van der Waals surface area (Å²) in [7, 11) is 3.11. The van der Waals surface area contributed by atoms with Crippen LogP contribution in [0.25, 0.3) is 0 Å². The number of benzene rings is 2. The molecule has 0 aliphatic rings. The minimum absolute atomic E-state index is 0.0375. The van der Waals surface area contributed by atoms with Crippen molar-refractivity contribution >= 4 is 17.7 Å². The number of esters is 1. The van der Waals surface area contributed by atoms with Gasteiger partial charge in [-0.05, 0) is 36.6 Å². The number of aryl methyl sites for hydroxylation is 2. The van der Waals surface area contributed by atoms with Crippen molar-refractivity contribution in [2.75, 3.05) is 7.11 Å². The quantitative estimate of drug-likeness (QED) is 0.350. The summed E-state index contributed by atoms with van der Waals surface area (Å²) in [6.45, 7) is 3.92. The van der Waals surface area contributed by atoms with Crippen molar-refractivity contribution < 1.29 is 9.53 Å². The van der Waals surface area contributed by atoms with Crippen LogP contribution in [0.3, 0.4) is 0 Å². The summed E-state index contributed by atoms with van der Waals surface area (Å²) < 4.78 is 6.44. The molecule has 0 radical (unpaired) electrons. The third kappa shape index (κ3) is 4.59. The first-order valence-corrected chi connectivity index (χ1v) is 10.3. The van der Waals surface area contributed by atoms with E-state index in [9.17, 15) is 9.59 Å². The molecule has 0 aliphatic heterocycles. The molecule has 0 amide bonds. The molecule has 150 valence electrons. The number of aromatic nitrogens is 2. The van der Waals surface area contributed by atoms with Crippen molar-refractivity contribution in [2.45, 2.75) is 31.2 Å². The Labute approximate surface area is 174 Å². The van der Waals surface area contributed by atoms with Gasteiger partial charge < -0.3 is 4.74 Å². The topological polar surface area (TPSA) is 61.2 Å². The summed E-state index contributed by atoms with van der Waals surface area (Å²) >= 11 is 1.43. The Morgan fingerprint density at radius 3 is 2.41 bits per heavy atom. The lowest BCUT2D eigenvalue weighted by atomic mass is 10.0. The Morgan fingerprint density at radius 2 is 1.72 bits per heavy atom. The Kier molecular flexibility index (Phi) is 6.54. The van der Waals surface area contributed by atoms with Gasteiger partial charge in [-0.1, -0.05) is 54.2 Å². The van der Waals surface area contributed by atoms with Gasteiger partial charge in [0.05, 0.1) is 12.7 Å². The van der Waals surface area contributed by atoms with E-state index in [-0.39, 0.29) is 11.5 Å². The largest absolute Gasteiger partial charge is 0.465 e. The lowest BCUT2D eigenvalue weighted by Gasteiger charge is -2.13. The highest BCUT2D eigenvalue weighted by molar-refractivity contribution is 7.98. The molecule has 0 spiro atoms. The van der Waals surface area contributed by atoms with Crippen LogP contribution in [0.4, 0.5) is 0 Å². The Balaban J connectivity index is 1.87. The normalized spacial score (nSPS) is 10.8. The SMILES string of the molecule is COC(=O)c1ccccc1CSc1nc(C)c(Cc2ccccc2C)c(=O)n1C. The van der Waals surface area contributed by atoms with Gasteiger partial charge >= 0.3 is 5.97 Å². The molecule has 0 N–H and O–H groups in total. The molecule has 0 fully saturated rings. The van der Waals surface area contributed by atoms with E-state index in [1.54, 1.807) is 23.7 Å². The second kappa shape index (κ2) is 9.09. The maximum atomic E-state index is 13.0. The highest BCUT2D eigenvalue weighted by Gasteiger charge is 2.16. The summed E-state index contributed by atoms with van der Waals surface area (Å²) in [5.41, 5.74) is 5.07. The first-order chi connectivity index (χ1) is 13.9. The molecule has 0 unspecified atom stereocenters. The second-order valence-electron chi connectivity index (χ2n) is 6.86. The highest BCUT2D eigenvalue weighted by atomic mass is 32.2. The number of hydrogen-bond acceptors (Lipinski definition) is 5. The minimum atomic E-state index is -0.368. The molecule has 5 nitrogen and oxygen atoms in total. The molecule has 3 aromatic rings. The van der Waals surface area contributed by atoms with E-state index in [1.165, 1.54) is 18.9 Å². The van der Waals surface area contributed by atoms with Crippen LogP contribution < -0.4 is 5.56 Å². The van der Waals surface area contributed by atoms with Crippen LogP contribution in [0.15, 0.2) is 58.5 Å².